The third-order valence-corrected chi connectivity index (χ3v) is 5.93. The summed E-state index contributed by atoms with van der Waals surface area (Å²) >= 11 is 0. The maximum atomic E-state index is 11.2. The zero-order chi connectivity index (χ0) is 20.1. The van der Waals surface area contributed by atoms with Crippen molar-refractivity contribution >= 4 is 10.2 Å². The van der Waals surface area contributed by atoms with Gasteiger partial charge in [0.1, 0.15) is 0 Å². The highest BCUT2D eigenvalue weighted by atomic mass is 32.2. The lowest BCUT2D eigenvalue weighted by Gasteiger charge is -2.26. The molecule has 2 aliphatic heterocycles. The molecule has 0 bridgehead atoms. The Kier molecular flexibility index (Phi) is 6.08. The molecule has 0 saturated heterocycles. The quantitative estimate of drug-likeness (QED) is 0.754. The van der Waals surface area contributed by atoms with Crippen molar-refractivity contribution in [2.75, 3.05) is 13.1 Å². The molecule has 0 aliphatic carbocycles. The lowest BCUT2D eigenvalue weighted by molar-refractivity contribution is 0.392. The molecule has 2 heterocycles. The second-order valence-corrected chi connectivity index (χ2v) is 8.29. The summed E-state index contributed by atoms with van der Waals surface area (Å²) in [7, 11) is -3.64. The number of hydrogen-bond acceptors (Lipinski definition) is 5. The predicted molar refractivity (Wildman–Crippen MR) is 105 cm³/mol. The van der Waals surface area contributed by atoms with Crippen LogP contribution in [0.3, 0.4) is 0 Å². The van der Waals surface area contributed by atoms with Crippen LogP contribution in [0.25, 0.3) is 0 Å². The molecule has 0 aromatic heterocycles. The van der Waals surface area contributed by atoms with Crippen LogP contribution >= 0.6 is 0 Å². The molecule has 0 amide bonds. The third kappa shape index (κ3) is 4.75. The van der Waals surface area contributed by atoms with Gasteiger partial charge in [-0.1, -0.05) is 12.1 Å². The number of rotatable bonds is 1. The maximum Gasteiger partial charge on any atom is 0.277 e. The highest BCUT2D eigenvalue weighted by molar-refractivity contribution is 7.86. The van der Waals surface area contributed by atoms with Crippen LogP contribution in [0.1, 0.15) is 33.4 Å². The van der Waals surface area contributed by atoms with Crippen molar-refractivity contribution < 1.29 is 8.42 Å². The van der Waals surface area contributed by atoms with E-state index in [9.17, 15) is 8.42 Å². The lowest BCUT2D eigenvalue weighted by atomic mass is 9.99. The normalized spacial score (nSPS) is 15.8. The SMILES string of the molecule is N#Cc1ccc2c(c1)CN(S(N)(=O)=O)CC2.N#Cc1ccc2c(c1)CNCC2. The van der Waals surface area contributed by atoms with E-state index >= 15 is 0 Å². The van der Waals surface area contributed by atoms with Gasteiger partial charge in [0.25, 0.3) is 10.2 Å². The largest absolute Gasteiger partial charge is 0.312 e. The summed E-state index contributed by atoms with van der Waals surface area (Å²) in [4.78, 5) is 0. The van der Waals surface area contributed by atoms with Crippen LogP contribution in [0.2, 0.25) is 0 Å². The van der Waals surface area contributed by atoms with Gasteiger partial charge in [-0.2, -0.15) is 23.2 Å². The average Bonchev–Trinajstić information content (AvgIpc) is 2.72. The van der Waals surface area contributed by atoms with Gasteiger partial charge in [0, 0.05) is 19.6 Å². The summed E-state index contributed by atoms with van der Waals surface area (Å²) in [6.45, 7) is 2.62. The molecule has 2 aromatic carbocycles. The van der Waals surface area contributed by atoms with Crippen LogP contribution in [0, 0.1) is 22.7 Å². The first-order chi connectivity index (χ1) is 13.4. The number of nitrogens with one attached hydrogen (secondary N) is 1. The summed E-state index contributed by atoms with van der Waals surface area (Å²) in [5, 5.41) is 25.8. The molecule has 0 spiro atoms. The Morgan fingerprint density at radius 1 is 0.929 bits per heavy atom. The van der Waals surface area contributed by atoms with Crippen molar-refractivity contribution in [2.24, 2.45) is 5.14 Å². The second-order valence-electron chi connectivity index (χ2n) is 6.75. The standard InChI is InChI=1S/C10H11N3O2S.C10H10N2/c11-6-8-1-2-9-3-4-13(16(12,14)15)7-10(9)5-8;11-6-8-1-2-9-3-4-12-7-10(9)5-8/h1-2,5H,3-4,7H2,(H2,12,14,15);1-2,5,12H,3-4,7H2. The summed E-state index contributed by atoms with van der Waals surface area (Å²) < 4.78 is 23.6. The van der Waals surface area contributed by atoms with E-state index in [2.05, 4.69) is 17.5 Å². The molecule has 7 nitrogen and oxygen atoms in total. The van der Waals surface area contributed by atoms with Gasteiger partial charge in [-0.3, -0.25) is 0 Å². The molecule has 0 radical (unpaired) electrons. The Morgan fingerprint density at radius 2 is 1.54 bits per heavy atom. The first-order valence-corrected chi connectivity index (χ1v) is 10.4. The van der Waals surface area contributed by atoms with Gasteiger partial charge in [0.05, 0.1) is 23.3 Å². The van der Waals surface area contributed by atoms with E-state index in [4.69, 9.17) is 15.7 Å². The van der Waals surface area contributed by atoms with Crippen molar-refractivity contribution in [1.82, 2.24) is 9.62 Å². The predicted octanol–water partition coefficient (Wildman–Crippen LogP) is 1.32. The summed E-state index contributed by atoms with van der Waals surface area (Å²) in [5.41, 5.74) is 5.90. The van der Waals surface area contributed by atoms with Crippen molar-refractivity contribution in [2.45, 2.75) is 25.9 Å². The van der Waals surface area contributed by atoms with Crippen LogP contribution in [0.5, 0.6) is 0 Å². The van der Waals surface area contributed by atoms with Crippen molar-refractivity contribution in [3.05, 3.63) is 69.8 Å². The van der Waals surface area contributed by atoms with Gasteiger partial charge in [-0.15, -0.1) is 0 Å². The van der Waals surface area contributed by atoms with E-state index in [1.165, 1.54) is 15.4 Å². The minimum absolute atomic E-state index is 0.254. The topological polar surface area (TPSA) is 123 Å². The van der Waals surface area contributed by atoms with E-state index < -0.39 is 10.2 Å². The second kappa shape index (κ2) is 8.51. The Labute approximate surface area is 165 Å². The van der Waals surface area contributed by atoms with Gasteiger partial charge < -0.3 is 5.32 Å². The van der Waals surface area contributed by atoms with Gasteiger partial charge in [-0.25, -0.2) is 5.14 Å². The molecule has 144 valence electrons. The minimum atomic E-state index is -3.64. The number of nitrogens with zero attached hydrogens (tertiary/aromatic N) is 3. The zero-order valence-electron chi connectivity index (χ0n) is 15.4. The molecule has 4 rings (SSSR count). The molecule has 28 heavy (non-hydrogen) atoms. The van der Waals surface area contributed by atoms with Crippen LogP contribution in [0.4, 0.5) is 0 Å². The average molecular weight is 395 g/mol. The van der Waals surface area contributed by atoms with Gasteiger partial charge in [-0.05, 0) is 65.9 Å². The van der Waals surface area contributed by atoms with E-state index in [1.54, 1.807) is 12.1 Å². The number of fused-ring (bicyclic) bond motifs is 2. The van der Waals surface area contributed by atoms with Crippen LogP contribution in [-0.4, -0.2) is 25.8 Å². The number of hydrogen-bond donors (Lipinski definition) is 2. The van der Waals surface area contributed by atoms with Crippen LogP contribution < -0.4 is 10.5 Å². The fourth-order valence-corrected chi connectivity index (χ4v) is 4.03. The van der Waals surface area contributed by atoms with Gasteiger partial charge >= 0.3 is 0 Å². The monoisotopic (exact) mass is 395 g/mol. The Hall–Kier alpha value is -2.75. The van der Waals surface area contributed by atoms with Crippen molar-refractivity contribution in [3.8, 4) is 12.1 Å². The molecule has 2 aliphatic rings. The van der Waals surface area contributed by atoms with Crippen LogP contribution in [0.15, 0.2) is 36.4 Å². The van der Waals surface area contributed by atoms with Gasteiger partial charge in [0.15, 0.2) is 0 Å². The van der Waals surface area contributed by atoms with Crippen LogP contribution in [-0.2, 0) is 36.1 Å². The molecular formula is C20H21N5O2S. The van der Waals surface area contributed by atoms with E-state index in [0.717, 1.165) is 36.2 Å². The first kappa shape index (κ1) is 20.0. The van der Waals surface area contributed by atoms with E-state index in [1.807, 2.05) is 24.3 Å². The Bertz CT molecular complexity index is 1070. The summed E-state index contributed by atoms with van der Waals surface area (Å²) in [6, 6.07) is 15.4. The summed E-state index contributed by atoms with van der Waals surface area (Å²) in [5.74, 6) is 0. The Morgan fingerprint density at radius 3 is 2.14 bits per heavy atom. The number of benzene rings is 2. The third-order valence-electron chi connectivity index (χ3n) is 4.89. The number of nitriles is 2. The Balaban J connectivity index is 0.000000167. The van der Waals surface area contributed by atoms with Gasteiger partial charge in [0.2, 0.25) is 0 Å². The molecule has 2 aromatic rings. The number of nitrogens with two attached hydrogens (primary N) is 1. The smallest absolute Gasteiger partial charge is 0.277 e. The van der Waals surface area contributed by atoms with Crippen molar-refractivity contribution in [3.63, 3.8) is 0 Å². The minimum Gasteiger partial charge on any atom is -0.312 e. The van der Waals surface area contributed by atoms with E-state index in [0.29, 0.717) is 18.5 Å². The lowest BCUT2D eigenvalue weighted by Crippen LogP contribution is -2.40. The maximum absolute atomic E-state index is 11.2. The molecule has 0 fully saturated rings. The molecule has 0 unspecified atom stereocenters. The van der Waals surface area contributed by atoms with E-state index in [-0.39, 0.29) is 6.54 Å². The first-order valence-electron chi connectivity index (χ1n) is 8.93. The fourth-order valence-electron chi connectivity index (χ4n) is 3.37. The molecule has 3 N–H and O–H groups in total. The summed E-state index contributed by atoms with van der Waals surface area (Å²) in [6.07, 6.45) is 1.72. The highest BCUT2D eigenvalue weighted by Gasteiger charge is 2.23. The molecular weight excluding hydrogens is 374 g/mol. The molecule has 8 heteroatoms. The molecule has 0 atom stereocenters. The van der Waals surface area contributed by atoms with Crippen molar-refractivity contribution in [1.29, 1.82) is 10.5 Å². The fraction of sp³-hybridized carbons (Fsp3) is 0.300. The highest BCUT2D eigenvalue weighted by Crippen LogP contribution is 2.21. The zero-order valence-corrected chi connectivity index (χ0v) is 16.2. The molecule has 0 saturated carbocycles.